The summed E-state index contributed by atoms with van der Waals surface area (Å²) < 4.78 is 14.3. The van der Waals surface area contributed by atoms with E-state index >= 15 is 0 Å². The number of hydrogen-bond donors (Lipinski definition) is 0. The zero-order valence-corrected chi connectivity index (χ0v) is 23.3. The maximum atomic E-state index is 11.7. The molecule has 0 saturated heterocycles. The number of thioether (sulfide) groups is 1. The number of ether oxygens (including phenoxy) is 2. The lowest BCUT2D eigenvalue weighted by Crippen LogP contribution is -2.12. The van der Waals surface area contributed by atoms with Gasteiger partial charge in [0, 0.05) is 25.7 Å². The van der Waals surface area contributed by atoms with E-state index < -0.39 is 5.25 Å². The van der Waals surface area contributed by atoms with Gasteiger partial charge in [-0.2, -0.15) is 0 Å². The number of hydrogen-bond acceptors (Lipinski definition) is 7. The summed E-state index contributed by atoms with van der Waals surface area (Å²) in [5.41, 5.74) is 2.45. The monoisotopic (exact) mass is 602 g/mol. The Morgan fingerprint density at radius 2 is 1.81 bits per heavy atom. The van der Waals surface area contributed by atoms with Crippen LogP contribution in [-0.4, -0.2) is 32.8 Å². The molecule has 1 aromatic heterocycles. The highest BCUT2D eigenvalue weighted by atomic mass is 79.9. The van der Waals surface area contributed by atoms with Crippen molar-refractivity contribution in [3.63, 3.8) is 0 Å². The molecule has 0 spiro atoms. The van der Waals surface area contributed by atoms with Gasteiger partial charge in [0.25, 0.3) is 0 Å². The molecule has 4 aromatic rings. The quantitative estimate of drug-likeness (QED) is 0.103. The van der Waals surface area contributed by atoms with Gasteiger partial charge in [0.2, 0.25) is 6.54 Å². The molecule has 37 heavy (non-hydrogen) atoms. The lowest BCUT2D eigenvalue weighted by atomic mass is 10.1. The number of benzene rings is 3. The van der Waals surface area contributed by atoms with Crippen LogP contribution < -0.4 is 9.47 Å². The third-order valence-corrected chi connectivity index (χ3v) is 7.30. The second kappa shape index (κ2) is 12.4. The average molecular weight is 604 g/mol. The lowest BCUT2D eigenvalue weighted by molar-refractivity contribution is -0.479. The molecule has 0 radical (unpaired) electrons. The standard InChI is InChI=1S/C26H24BrClN4O4S/c1-3-35-22-11-9-21(10-12-22)32-17(2)29-30-26(32)37-25(15-31(33)34)23-14-19(27)6-13-24(23)36-16-18-4-7-20(28)8-5-18/h4-14,25H,3,15-16H2,1-2H3/t25-/m1/s1. The molecule has 0 saturated carbocycles. The van der Waals surface area contributed by atoms with Crippen molar-refractivity contribution in [3.05, 3.63) is 103 Å². The highest BCUT2D eigenvalue weighted by molar-refractivity contribution is 9.10. The van der Waals surface area contributed by atoms with Crippen molar-refractivity contribution in [1.29, 1.82) is 0 Å². The second-order valence-corrected chi connectivity index (χ2v) is 10.5. The maximum Gasteiger partial charge on any atom is 0.220 e. The molecule has 4 rings (SSSR count). The van der Waals surface area contributed by atoms with Gasteiger partial charge >= 0.3 is 0 Å². The summed E-state index contributed by atoms with van der Waals surface area (Å²) in [6.07, 6.45) is 0. The van der Waals surface area contributed by atoms with Crippen LogP contribution in [0.1, 0.15) is 29.1 Å². The molecule has 0 unspecified atom stereocenters. The van der Waals surface area contributed by atoms with Crippen molar-refractivity contribution in [2.24, 2.45) is 0 Å². The van der Waals surface area contributed by atoms with Crippen molar-refractivity contribution in [2.75, 3.05) is 13.2 Å². The Morgan fingerprint density at radius 1 is 1.08 bits per heavy atom. The summed E-state index contributed by atoms with van der Waals surface area (Å²) >= 11 is 10.8. The fourth-order valence-corrected chi connectivity index (χ4v) is 5.38. The summed E-state index contributed by atoms with van der Waals surface area (Å²) in [6, 6.07) is 20.4. The van der Waals surface area contributed by atoms with Crippen LogP contribution in [0.3, 0.4) is 0 Å². The van der Waals surface area contributed by atoms with Gasteiger partial charge in [-0.05, 0) is 74.0 Å². The van der Waals surface area contributed by atoms with Crippen LogP contribution in [0.15, 0.2) is 76.4 Å². The van der Waals surface area contributed by atoms with Crippen molar-refractivity contribution < 1.29 is 14.4 Å². The van der Waals surface area contributed by atoms with Crippen LogP contribution in [0.2, 0.25) is 5.02 Å². The fraction of sp³-hybridized carbons (Fsp3) is 0.231. The Hall–Kier alpha value is -3.08. The van der Waals surface area contributed by atoms with Crippen LogP contribution in [0, 0.1) is 17.0 Å². The number of aryl methyl sites for hydroxylation is 1. The molecule has 0 aliphatic carbocycles. The van der Waals surface area contributed by atoms with E-state index in [9.17, 15) is 10.1 Å². The van der Waals surface area contributed by atoms with E-state index in [0.717, 1.165) is 21.5 Å². The molecule has 0 aliphatic rings. The molecule has 192 valence electrons. The predicted molar refractivity (Wildman–Crippen MR) is 148 cm³/mol. The first-order valence-electron chi connectivity index (χ1n) is 11.4. The summed E-state index contributed by atoms with van der Waals surface area (Å²) in [5.74, 6) is 1.98. The van der Waals surface area contributed by atoms with Gasteiger partial charge in [0.1, 0.15) is 29.2 Å². The molecular weight excluding hydrogens is 580 g/mol. The van der Waals surface area contributed by atoms with E-state index in [1.165, 1.54) is 11.8 Å². The maximum absolute atomic E-state index is 11.7. The van der Waals surface area contributed by atoms with Crippen LogP contribution in [0.5, 0.6) is 11.5 Å². The molecule has 0 aliphatic heterocycles. The Labute approximate surface area is 232 Å². The van der Waals surface area contributed by atoms with Gasteiger partial charge in [-0.15, -0.1) is 10.2 Å². The summed E-state index contributed by atoms with van der Waals surface area (Å²) in [4.78, 5) is 11.4. The van der Waals surface area contributed by atoms with Gasteiger partial charge < -0.3 is 9.47 Å². The van der Waals surface area contributed by atoms with Crippen LogP contribution >= 0.6 is 39.3 Å². The van der Waals surface area contributed by atoms with Gasteiger partial charge in [-0.1, -0.05) is 51.4 Å². The zero-order chi connectivity index (χ0) is 26.4. The Morgan fingerprint density at radius 3 is 2.49 bits per heavy atom. The van der Waals surface area contributed by atoms with Crippen LogP contribution in [-0.2, 0) is 6.61 Å². The molecule has 1 atom stereocenters. The highest BCUT2D eigenvalue weighted by Gasteiger charge is 2.27. The van der Waals surface area contributed by atoms with Crippen molar-refractivity contribution >= 4 is 39.3 Å². The van der Waals surface area contributed by atoms with Crippen molar-refractivity contribution in [1.82, 2.24) is 14.8 Å². The molecule has 3 aromatic carbocycles. The molecular formula is C26H24BrClN4O4S. The van der Waals surface area contributed by atoms with Gasteiger partial charge in [-0.25, -0.2) is 0 Å². The minimum absolute atomic E-state index is 0.295. The molecule has 1 heterocycles. The van der Waals surface area contributed by atoms with Gasteiger partial charge in [-0.3, -0.25) is 14.7 Å². The minimum Gasteiger partial charge on any atom is -0.494 e. The van der Waals surface area contributed by atoms with E-state index in [2.05, 4.69) is 26.1 Å². The SMILES string of the molecule is CCOc1ccc(-n2c(C)nnc2S[C@H](C[N+](=O)[O-])c2cc(Br)ccc2OCc2ccc(Cl)cc2)cc1. The van der Waals surface area contributed by atoms with Gasteiger partial charge in [0.05, 0.1) is 6.61 Å². The van der Waals surface area contributed by atoms with Crippen LogP contribution in [0.4, 0.5) is 0 Å². The third-order valence-electron chi connectivity index (χ3n) is 5.39. The smallest absolute Gasteiger partial charge is 0.220 e. The topological polar surface area (TPSA) is 92.3 Å². The Kier molecular flexibility index (Phi) is 9.07. The summed E-state index contributed by atoms with van der Waals surface area (Å²) in [5, 5.41) is 20.9. The first-order valence-corrected chi connectivity index (χ1v) is 13.5. The highest BCUT2D eigenvalue weighted by Crippen LogP contribution is 2.41. The predicted octanol–water partition coefficient (Wildman–Crippen LogP) is 7.08. The number of halogens is 2. The Bertz CT molecular complexity index is 1370. The Balaban J connectivity index is 1.65. The summed E-state index contributed by atoms with van der Waals surface area (Å²) in [7, 11) is 0. The van der Waals surface area contributed by atoms with Crippen molar-refractivity contribution in [2.45, 2.75) is 30.9 Å². The number of aromatic nitrogens is 3. The van der Waals surface area contributed by atoms with E-state index in [4.69, 9.17) is 21.1 Å². The minimum atomic E-state index is -0.585. The zero-order valence-electron chi connectivity index (χ0n) is 20.1. The molecule has 0 bridgehead atoms. The lowest BCUT2D eigenvalue weighted by Gasteiger charge is -2.18. The normalized spacial score (nSPS) is 11.8. The van der Waals surface area contributed by atoms with E-state index in [1.807, 2.05) is 73.0 Å². The van der Waals surface area contributed by atoms with Gasteiger partial charge in [0.15, 0.2) is 5.16 Å². The molecule has 8 nitrogen and oxygen atoms in total. The van der Waals surface area contributed by atoms with E-state index in [1.54, 1.807) is 12.1 Å². The largest absolute Gasteiger partial charge is 0.494 e. The molecule has 0 fully saturated rings. The number of nitrogens with zero attached hydrogens (tertiary/aromatic N) is 4. The van der Waals surface area contributed by atoms with Crippen LogP contribution in [0.25, 0.3) is 5.69 Å². The molecule has 11 heteroatoms. The molecule has 0 amide bonds. The van der Waals surface area contributed by atoms with Crippen molar-refractivity contribution in [3.8, 4) is 17.2 Å². The number of rotatable bonds is 11. The first-order chi connectivity index (χ1) is 17.8. The van der Waals surface area contributed by atoms with E-state index in [-0.39, 0.29) is 11.5 Å². The summed E-state index contributed by atoms with van der Waals surface area (Å²) in [6.45, 7) is 4.31. The first kappa shape index (κ1) is 27.0. The average Bonchev–Trinajstić information content (AvgIpc) is 3.24. The number of nitro groups is 1. The van der Waals surface area contributed by atoms with E-state index in [0.29, 0.717) is 40.5 Å². The molecule has 0 N–H and O–H groups in total. The fourth-order valence-electron chi connectivity index (χ4n) is 3.68. The second-order valence-electron chi connectivity index (χ2n) is 8.01. The third kappa shape index (κ3) is 7.03.